The normalized spacial score (nSPS) is 11.2. The number of carbonyl (C=O) groups is 1. The van der Waals surface area contributed by atoms with Crippen molar-refractivity contribution in [2.45, 2.75) is 0 Å². The van der Waals surface area contributed by atoms with Crippen LogP contribution in [-0.2, 0) is 4.79 Å². The highest BCUT2D eigenvalue weighted by Gasteiger charge is 2.31. The minimum atomic E-state index is -2.66. The number of carbonyl (C=O) groups excluding carboxylic acids is 1. The van der Waals surface area contributed by atoms with Crippen molar-refractivity contribution in [1.82, 2.24) is 0 Å². The molecular weight excluding hydrogens is 165 g/mol. The molecule has 0 aromatic carbocycles. The Morgan fingerprint density at radius 1 is 1.33 bits per heavy atom. The lowest BCUT2D eigenvalue weighted by molar-refractivity contribution is 0.569. The molecule has 0 aliphatic rings. The molecule has 0 aliphatic carbocycles. The van der Waals surface area contributed by atoms with Crippen molar-refractivity contribution < 1.29 is 4.79 Å². The molecule has 0 aromatic heterocycles. The van der Waals surface area contributed by atoms with Gasteiger partial charge in [-0.1, -0.05) is 0 Å². The largest absolute Gasteiger partial charge is 0.371 e. The van der Waals surface area contributed by atoms with Gasteiger partial charge in [-0.2, -0.15) is 0 Å². The van der Waals surface area contributed by atoms with E-state index in [-0.39, 0.29) is 0 Å². The topological polar surface area (TPSA) is 17.1 Å². The molecule has 0 aromatic rings. The second kappa shape index (κ2) is 2.32. The maximum Gasteiger partial charge on any atom is 0.371 e. The van der Waals surface area contributed by atoms with Crippen molar-refractivity contribution >= 4 is 45.1 Å². The third-order valence-corrected chi connectivity index (χ3v) is 1.08. The zero-order valence-electron chi connectivity index (χ0n) is 2.57. The summed E-state index contributed by atoms with van der Waals surface area (Å²) in [6, 6.07) is 0.345. The molecule has 0 atom stereocenters. The Bertz CT molecular complexity index is 56.3. The first-order valence-electron chi connectivity index (χ1n) is 1.00. The van der Waals surface area contributed by atoms with Gasteiger partial charge >= 0.3 is 11.3 Å². The molecule has 6 heavy (non-hydrogen) atoms. The van der Waals surface area contributed by atoms with Crippen molar-refractivity contribution in [3.8, 4) is 0 Å². The van der Waals surface area contributed by atoms with E-state index in [9.17, 15) is 4.79 Å². The van der Waals surface area contributed by atoms with Gasteiger partial charge in [-0.05, 0) is 0 Å². The fourth-order valence-corrected chi connectivity index (χ4v) is 0. The molecule has 0 N–H and O–H groups in total. The monoisotopic (exact) mass is 165 g/mol. The molecule has 0 aliphatic heterocycles. The summed E-state index contributed by atoms with van der Waals surface area (Å²) in [7, 11) is 0. The molecule has 1 nitrogen and oxygen atoms in total. The van der Waals surface area contributed by atoms with Crippen LogP contribution in [0.2, 0.25) is 0 Å². The van der Waals surface area contributed by atoms with E-state index in [0.717, 1.165) is 0 Å². The highest BCUT2D eigenvalue weighted by atomic mass is 36.1. The fraction of sp³-hybridized carbons (Fsp3) is 0. The Morgan fingerprint density at radius 2 is 1.50 bits per heavy atom. The maximum absolute atomic E-state index is 9.48. The van der Waals surface area contributed by atoms with E-state index in [4.69, 9.17) is 33.7 Å². The molecule has 0 bridgehead atoms. The van der Waals surface area contributed by atoms with E-state index in [1.807, 2.05) is 0 Å². The van der Waals surface area contributed by atoms with Gasteiger partial charge < -0.3 is 0 Å². The van der Waals surface area contributed by atoms with E-state index >= 15 is 0 Å². The van der Waals surface area contributed by atoms with Crippen LogP contribution in [0.5, 0.6) is 0 Å². The molecule has 0 radical (unpaired) electrons. The Labute approximate surface area is 50.3 Å². The molecule has 0 rings (SSSR count). The van der Waals surface area contributed by atoms with E-state index in [1.54, 1.807) is 0 Å². The molecule has 0 spiro atoms. The lowest BCUT2D eigenvalue weighted by Gasteiger charge is -1.77. The Balaban J connectivity index is 3.45. The highest BCUT2D eigenvalue weighted by molar-refractivity contribution is 8.40. The molecular formula is CHCl3OP+. The zero-order valence-corrected chi connectivity index (χ0v) is 5.73. The van der Waals surface area contributed by atoms with E-state index in [2.05, 4.69) is 0 Å². The lowest BCUT2D eigenvalue weighted by atomic mass is 11.8. The lowest BCUT2D eigenvalue weighted by Crippen LogP contribution is -1.55. The van der Waals surface area contributed by atoms with Gasteiger partial charge in [0.25, 0.3) is 0 Å². The molecule has 36 valence electrons. The smallest absolute Gasteiger partial charge is 0.252 e. The molecule has 0 amide bonds. The molecule has 0 fully saturated rings. The Morgan fingerprint density at radius 3 is 1.50 bits per heavy atom. The SMILES string of the molecule is O=C[P+](Cl)(Cl)Cl. The number of hydrogen-bond acceptors (Lipinski definition) is 1. The number of rotatable bonds is 1. The average Bonchev–Trinajstić information content (AvgIpc) is 1.35. The first-order chi connectivity index (χ1) is 2.56. The molecule has 5 heteroatoms. The van der Waals surface area contributed by atoms with Gasteiger partial charge in [0, 0.05) is 0 Å². The summed E-state index contributed by atoms with van der Waals surface area (Å²) < 4.78 is 0. The second-order valence-corrected chi connectivity index (χ2v) is 8.13. The standard InChI is InChI=1S/CHCl3OP/c2-6(3,4)1-5/h1H/q+1. The highest BCUT2D eigenvalue weighted by Crippen LogP contribution is 2.71. The fourth-order valence-electron chi connectivity index (χ4n) is 0. The summed E-state index contributed by atoms with van der Waals surface area (Å²) in [4.78, 5) is 9.48. The maximum atomic E-state index is 9.48. The van der Waals surface area contributed by atoms with Crippen LogP contribution >= 0.6 is 39.0 Å². The third-order valence-electron chi connectivity index (χ3n) is 0.120. The van der Waals surface area contributed by atoms with Crippen LogP contribution in [0, 0.1) is 0 Å². The van der Waals surface area contributed by atoms with Crippen LogP contribution < -0.4 is 0 Å². The van der Waals surface area contributed by atoms with Crippen LogP contribution in [0.15, 0.2) is 0 Å². The summed E-state index contributed by atoms with van der Waals surface area (Å²) in [5.74, 6) is 0. The van der Waals surface area contributed by atoms with Crippen molar-refractivity contribution in [2.75, 3.05) is 0 Å². The minimum Gasteiger partial charge on any atom is -0.252 e. The molecule has 0 saturated carbocycles. The minimum absolute atomic E-state index is 0.345. The van der Waals surface area contributed by atoms with Gasteiger partial charge in [0.2, 0.25) is 0 Å². The molecule has 0 saturated heterocycles. The van der Waals surface area contributed by atoms with E-state index in [0.29, 0.717) is 6.03 Å². The van der Waals surface area contributed by atoms with Gasteiger partial charge in [-0.25, -0.2) is 0 Å². The van der Waals surface area contributed by atoms with Crippen molar-refractivity contribution in [1.29, 1.82) is 0 Å². The summed E-state index contributed by atoms with van der Waals surface area (Å²) in [6.45, 7) is 0. The van der Waals surface area contributed by atoms with Gasteiger partial charge in [0.1, 0.15) is 33.7 Å². The number of halogens is 3. The predicted octanol–water partition coefficient (Wildman–Crippen LogP) is 2.66. The van der Waals surface area contributed by atoms with Crippen LogP contribution in [0.25, 0.3) is 0 Å². The van der Waals surface area contributed by atoms with Gasteiger partial charge in [-0.3, -0.25) is 4.79 Å². The number of hydrogen-bond donors (Lipinski definition) is 0. The summed E-state index contributed by atoms with van der Waals surface area (Å²) in [6.07, 6.45) is 0. The first-order valence-corrected chi connectivity index (χ1v) is 5.57. The van der Waals surface area contributed by atoms with Gasteiger partial charge in [0.05, 0.1) is 0 Å². The summed E-state index contributed by atoms with van der Waals surface area (Å²) in [5.41, 5.74) is 0. The molecule has 0 unspecified atom stereocenters. The Kier molecular flexibility index (Phi) is 2.70. The van der Waals surface area contributed by atoms with Gasteiger partial charge in [-0.15, -0.1) is 0 Å². The van der Waals surface area contributed by atoms with Crippen LogP contribution in [0.4, 0.5) is 0 Å². The van der Waals surface area contributed by atoms with E-state index in [1.165, 1.54) is 0 Å². The van der Waals surface area contributed by atoms with Crippen molar-refractivity contribution in [3.05, 3.63) is 0 Å². The van der Waals surface area contributed by atoms with E-state index < -0.39 is 5.32 Å². The van der Waals surface area contributed by atoms with Crippen LogP contribution in [0.3, 0.4) is 0 Å². The van der Waals surface area contributed by atoms with Crippen LogP contribution in [0.1, 0.15) is 0 Å². The summed E-state index contributed by atoms with van der Waals surface area (Å²) >= 11 is 15.0. The third kappa shape index (κ3) is 4.97. The second-order valence-electron chi connectivity index (χ2n) is 0.590. The Hall–Kier alpha value is 0.970. The summed E-state index contributed by atoms with van der Waals surface area (Å²) in [5, 5.41) is -2.66. The predicted molar refractivity (Wildman–Crippen MR) is 31.2 cm³/mol. The molecule has 0 heterocycles. The van der Waals surface area contributed by atoms with Gasteiger partial charge in [0.15, 0.2) is 0 Å². The van der Waals surface area contributed by atoms with Crippen LogP contribution in [-0.4, -0.2) is 6.03 Å². The van der Waals surface area contributed by atoms with Crippen molar-refractivity contribution in [2.24, 2.45) is 0 Å². The quantitative estimate of drug-likeness (QED) is 0.432. The zero-order chi connectivity index (χ0) is 5.21. The first kappa shape index (κ1) is 6.97. The van der Waals surface area contributed by atoms with Crippen molar-refractivity contribution in [3.63, 3.8) is 0 Å². The average molecular weight is 166 g/mol.